The first-order chi connectivity index (χ1) is 10.6. The van der Waals surface area contributed by atoms with E-state index in [4.69, 9.17) is 9.84 Å². The third kappa shape index (κ3) is 1.96. The van der Waals surface area contributed by atoms with Crippen LogP contribution in [-0.2, 0) is 9.53 Å². The van der Waals surface area contributed by atoms with Gasteiger partial charge in [-0.15, -0.1) is 0 Å². The van der Waals surface area contributed by atoms with Gasteiger partial charge in [-0.1, -0.05) is 12.8 Å². The molecule has 0 bridgehead atoms. The normalized spacial score (nSPS) is 38.8. The Balaban J connectivity index is 1.42. The van der Waals surface area contributed by atoms with Gasteiger partial charge in [0.15, 0.2) is 0 Å². The van der Waals surface area contributed by atoms with Gasteiger partial charge in [0.2, 0.25) is 0 Å². The number of aliphatic carboxylic acids is 1. The molecule has 1 spiro atoms. The predicted octanol–water partition coefficient (Wildman–Crippen LogP) is 1.45. The molecule has 2 aliphatic carbocycles. The van der Waals surface area contributed by atoms with Gasteiger partial charge in [-0.2, -0.15) is 0 Å². The monoisotopic (exact) mass is 308 g/mol. The maximum Gasteiger partial charge on any atom is 0.317 e. The molecule has 0 aromatic carbocycles. The molecule has 2 aliphatic heterocycles. The number of urea groups is 1. The summed E-state index contributed by atoms with van der Waals surface area (Å²) in [5.74, 6) is -0.745. The zero-order valence-corrected chi connectivity index (χ0v) is 12.8. The van der Waals surface area contributed by atoms with Gasteiger partial charge < -0.3 is 20.1 Å². The molecule has 0 aromatic rings. The Kier molecular flexibility index (Phi) is 3.33. The average Bonchev–Trinajstić information content (AvgIpc) is 3.21. The summed E-state index contributed by atoms with van der Waals surface area (Å²) in [6, 6.07) is 0.143. The van der Waals surface area contributed by atoms with Gasteiger partial charge in [0.1, 0.15) is 0 Å². The first-order valence-electron chi connectivity index (χ1n) is 8.52. The van der Waals surface area contributed by atoms with Gasteiger partial charge >= 0.3 is 12.0 Å². The fraction of sp³-hybridized carbons (Fsp3) is 0.875. The number of carbonyl (C=O) groups excluding carboxylic acids is 1. The van der Waals surface area contributed by atoms with Crippen LogP contribution in [0.5, 0.6) is 0 Å². The van der Waals surface area contributed by atoms with Crippen LogP contribution in [0.3, 0.4) is 0 Å². The number of hydrogen-bond acceptors (Lipinski definition) is 3. The molecule has 4 unspecified atom stereocenters. The molecule has 4 atom stereocenters. The zero-order chi connectivity index (χ0) is 15.3. The van der Waals surface area contributed by atoms with Gasteiger partial charge in [0.25, 0.3) is 0 Å². The highest BCUT2D eigenvalue weighted by Gasteiger charge is 2.65. The van der Waals surface area contributed by atoms with Crippen molar-refractivity contribution in [2.24, 2.45) is 17.3 Å². The second kappa shape index (κ2) is 5.11. The fourth-order valence-corrected chi connectivity index (χ4v) is 5.27. The molecule has 6 nitrogen and oxygen atoms in total. The average molecular weight is 308 g/mol. The van der Waals surface area contributed by atoms with E-state index in [1.54, 1.807) is 4.90 Å². The molecular weight excluding hydrogens is 284 g/mol. The van der Waals surface area contributed by atoms with E-state index < -0.39 is 11.9 Å². The number of nitrogens with one attached hydrogen (secondary N) is 1. The zero-order valence-electron chi connectivity index (χ0n) is 12.8. The SMILES string of the molecule is O=C(O)C1CCN(C(=O)NC2C3CCOC3C23CCCC3)C1. The minimum absolute atomic E-state index is 0.0784. The van der Waals surface area contributed by atoms with Crippen molar-refractivity contribution in [1.82, 2.24) is 10.2 Å². The largest absolute Gasteiger partial charge is 0.481 e. The van der Waals surface area contributed by atoms with Crippen molar-refractivity contribution in [3.05, 3.63) is 0 Å². The van der Waals surface area contributed by atoms with Crippen molar-refractivity contribution in [3.63, 3.8) is 0 Å². The van der Waals surface area contributed by atoms with Crippen molar-refractivity contribution >= 4 is 12.0 Å². The molecule has 2 heterocycles. The van der Waals surface area contributed by atoms with Crippen LogP contribution in [0.25, 0.3) is 0 Å². The van der Waals surface area contributed by atoms with Crippen LogP contribution < -0.4 is 5.32 Å². The van der Waals surface area contributed by atoms with Gasteiger partial charge in [0.05, 0.1) is 12.0 Å². The smallest absolute Gasteiger partial charge is 0.317 e. The predicted molar refractivity (Wildman–Crippen MR) is 78.4 cm³/mol. The van der Waals surface area contributed by atoms with E-state index in [1.165, 1.54) is 12.8 Å². The van der Waals surface area contributed by atoms with Crippen molar-refractivity contribution < 1.29 is 19.4 Å². The number of likely N-dealkylation sites (tertiary alicyclic amines) is 1. The highest BCUT2D eigenvalue weighted by atomic mass is 16.5. The number of rotatable bonds is 2. The van der Waals surface area contributed by atoms with Gasteiger partial charge in [-0.3, -0.25) is 4.79 Å². The van der Waals surface area contributed by atoms with E-state index in [9.17, 15) is 9.59 Å². The molecule has 0 radical (unpaired) electrons. The molecule has 6 heteroatoms. The van der Waals surface area contributed by atoms with E-state index in [-0.39, 0.29) is 17.5 Å². The third-order valence-corrected chi connectivity index (χ3v) is 6.39. The number of fused-ring (bicyclic) bond motifs is 2. The quantitative estimate of drug-likeness (QED) is 0.809. The van der Waals surface area contributed by atoms with E-state index >= 15 is 0 Å². The number of carboxylic acid groups (broad SMARTS) is 1. The summed E-state index contributed by atoms with van der Waals surface area (Å²) in [5.41, 5.74) is 0.156. The molecular formula is C16H24N2O4. The lowest BCUT2D eigenvalue weighted by atomic mass is 9.54. The molecule has 22 heavy (non-hydrogen) atoms. The van der Waals surface area contributed by atoms with E-state index in [2.05, 4.69) is 5.32 Å². The van der Waals surface area contributed by atoms with Gasteiger partial charge in [-0.05, 0) is 25.7 Å². The van der Waals surface area contributed by atoms with Crippen LogP contribution in [0.1, 0.15) is 38.5 Å². The maximum atomic E-state index is 12.5. The van der Waals surface area contributed by atoms with Crippen molar-refractivity contribution in [3.8, 4) is 0 Å². The Morgan fingerprint density at radius 1 is 1.23 bits per heavy atom. The molecule has 2 saturated carbocycles. The number of ether oxygens (including phenoxy) is 1. The Bertz CT molecular complexity index is 489. The molecule has 2 saturated heterocycles. The lowest BCUT2D eigenvalue weighted by molar-refractivity contribution is -0.141. The summed E-state index contributed by atoms with van der Waals surface area (Å²) in [6.45, 7) is 1.70. The van der Waals surface area contributed by atoms with E-state index in [1.807, 2.05) is 0 Å². The summed E-state index contributed by atoms with van der Waals surface area (Å²) < 4.78 is 5.93. The van der Waals surface area contributed by atoms with Gasteiger partial charge in [0, 0.05) is 37.1 Å². The van der Waals surface area contributed by atoms with Crippen molar-refractivity contribution in [1.29, 1.82) is 0 Å². The highest BCUT2D eigenvalue weighted by molar-refractivity contribution is 5.78. The fourth-order valence-electron chi connectivity index (χ4n) is 5.27. The minimum Gasteiger partial charge on any atom is -0.481 e. The molecule has 0 aromatic heterocycles. The number of carbonyl (C=O) groups is 2. The lowest BCUT2D eigenvalue weighted by Crippen LogP contribution is -2.69. The Hall–Kier alpha value is -1.30. The molecule has 4 rings (SSSR count). The van der Waals surface area contributed by atoms with E-state index in [0.29, 0.717) is 31.5 Å². The molecule has 4 fully saturated rings. The molecule has 2 N–H and O–H groups in total. The number of carboxylic acids is 1. The van der Waals surface area contributed by atoms with Crippen LogP contribution in [-0.4, -0.2) is 53.8 Å². The molecule has 122 valence electrons. The van der Waals surface area contributed by atoms with E-state index in [0.717, 1.165) is 25.9 Å². The summed E-state index contributed by atoms with van der Waals surface area (Å²) in [5, 5.41) is 12.3. The van der Waals surface area contributed by atoms with Crippen LogP contribution in [0.4, 0.5) is 4.79 Å². The first-order valence-corrected chi connectivity index (χ1v) is 8.52. The Labute approximate surface area is 130 Å². The van der Waals surface area contributed by atoms with Crippen LogP contribution >= 0.6 is 0 Å². The summed E-state index contributed by atoms with van der Waals surface area (Å²) >= 11 is 0. The van der Waals surface area contributed by atoms with Crippen LogP contribution in [0.15, 0.2) is 0 Å². The summed E-state index contributed by atoms with van der Waals surface area (Å²) in [6.07, 6.45) is 6.69. The van der Waals surface area contributed by atoms with Crippen molar-refractivity contribution in [2.75, 3.05) is 19.7 Å². The summed E-state index contributed by atoms with van der Waals surface area (Å²) in [4.78, 5) is 25.2. The van der Waals surface area contributed by atoms with Crippen LogP contribution in [0, 0.1) is 17.3 Å². The van der Waals surface area contributed by atoms with Crippen LogP contribution in [0.2, 0.25) is 0 Å². The molecule has 4 aliphatic rings. The third-order valence-electron chi connectivity index (χ3n) is 6.39. The number of hydrogen-bond donors (Lipinski definition) is 2. The second-order valence-electron chi connectivity index (χ2n) is 7.38. The first kappa shape index (κ1) is 14.3. The standard InChI is InChI=1S/C16H24N2O4/c19-14(20)10-3-7-18(9-10)15(21)17-12-11-4-8-22-13(11)16(12)5-1-2-6-16/h10-13H,1-9H2,(H,17,21)(H,19,20). The maximum absolute atomic E-state index is 12.5. The summed E-state index contributed by atoms with van der Waals surface area (Å²) in [7, 11) is 0. The highest BCUT2D eigenvalue weighted by Crippen LogP contribution is 2.60. The Morgan fingerprint density at radius 3 is 2.68 bits per heavy atom. The Morgan fingerprint density at radius 2 is 2.00 bits per heavy atom. The minimum atomic E-state index is -0.796. The van der Waals surface area contributed by atoms with Crippen molar-refractivity contribution in [2.45, 2.75) is 50.7 Å². The molecule has 2 amide bonds. The lowest BCUT2D eigenvalue weighted by Gasteiger charge is -2.57. The van der Waals surface area contributed by atoms with Gasteiger partial charge in [-0.25, -0.2) is 4.79 Å². The number of amides is 2. The second-order valence-corrected chi connectivity index (χ2v) is 7.38. The topological polar surface area (TPSA) is 78.9 Å². The number of nitrogens with zero attached hydrogens (tertiary/aromatic N) is 1.